The summed E-state index contributed by atoms with van der Waals surface area (Å²) in [6.45, 7) is 0. The lowest BCUT2D eigenvalue weighted by molar-refractivity contribution is -0.0230. The van der Waals surface area contributed by atoms with Gasteiger partial charge >= 0.3 is 0 Å². The number of hydrogen-bond donors (Lipinski definition) is 4. The summed E-state index contributed by atoms with van der Waals surface area (Å²) < 4.78 is 6.67. The molecule has 0 radical (unpaired) electrons. The number of anilines is 1. The second-order valence-corrected chi connectivity index (χ2v) is 4.37. The van der Waals surface area contributed by atoms with Crippen LogP contribution in [0.1, 0.15) is 6.23 Å². The van der Waals surface area contributed by atoms with Gasteiger partial charge in [-0.1, -0.05) is 5.92 Å². The summed E-state index contributed by atoms with van der Waals surface area (Å²) in [5.74, 6) is 2.14. The van der Waals surface area contributed by atoms with E-state index < -0.39 is 30.1 Å². The fraction of sp³-hybridized carbons (Fsp3) is 0.364. The Kier molecular flexibility index (Phi) is 2.72. The van der Waals surface area contributed by atoms with Crippen molar-refractivity contribution in [1.29, 1.82) is 0 Å². The number of H-pyrrole nitrogens is 1. The van der Waals surface area contributed by atoms with Crippen LogP contribution in [0.3, 0.4) is 0 Å². The van der Waals surface area contributed by atoms with Gasteiger partial charge in [0, 0.05) is 0 Å². The lowest BCUT2D eigenvalue weighted by Crippen LogP contribution is -2.30. The highest BCUT2D eigenvalue weighted by molar-refractivity contribution is 5.70. The van der Waals surface area contributed by atoms with Gasteiger partial charge in [-0.2, -0.15) is 4.98 Å². The monoisotopic (exact) mass is 277 g/mol. The van der Waals surface area contributed by atoms with Gasteiger partial charge in [0.05, 0.1) is 6.33 Å². The van der Waals surface area contributed by atoms with Crippen LogP contribution in [0.5, 0.6) is 0 Å². The van der Waals surface area contributed by atoms with Gasteiger partial charge in [0.15, 0.2) is 17.4 Å². The third-order valence-electron chi connectivity index (χ3n) is 3.13. The first-order chi connectivity index (χ1) is 9.52. The number of terminal acetylenes is 1. The van der Waals surface area contributed by atoms with Crippen LogP contribution in [0.15, 0.2) is 11.1 Å². The standard InChI is InChI=1S/C11H11N5O4/c1-2-4-6(17)7(18)10(20-4)16-3-13-5-8(16)14-11(12)15-9(5)19/h1,3-4,6-7,10,17-18H,(H3,12,14,15,19). The number of fused-ring (bicyclic) bond motifs is 1. The maximum atomic E-state index is 11.7. The third kappa shape index (κ3) is 1.67. The number of hydrogen-bond acceptors (Lipinski definition) is 7. The van der Waals surface area contributed by atoms with Crippen molar-refractivity contribution in [3.63, 3.8) is 0 Å². The number of nitrogens with zero attached hydrogens (tertiary/aromatic N) is 3. The van der Waals surface area contributed by atoms with Crippen LogP contribution in [0.2, 0.25) is 0 Å². The first kappa shape index (κ1) is 12.6. The van der Waals surface area contributed by atoms with E-state index in [1.807, 2.05) is 0 Å². The first-order valence-corrected chi connectivity index (χ1v) is 5.73. The highest BCUT2D eigenvalue weighted by Gasteiger charge is 2.43. The molecule has 0 saturated carbocycles. The van der Waals surface area contributed by atoms with Crippen LogP contribution >= 0.6 is 0 Å². The molecule has 4 unspecified atom stereocenters. The third-order valence-corrected chi connectivity index (χ3v) is 3.13. The number of nitrogens with one attached hydrogen (secondary N) is 1. The molecular weight excluding hydrogens is 266 g/mol. The normalized spacial score (nSPS) is 29.6. The summed E-state index contributed by atoms with van der Waals surface area (Å²) in [5, 5.41) is 19.7. The Morgan fingerprint density at radius 2 is 2.25 bits per heavy atom. The summed E-state index contributed by atoms with van der Waals surface area (Å²) in [6.07, 6.45) is 2.02. The summed E-state index contributed by atoms with van der Waals surface area (Å²) in [5.41, 5.74) is 5.16. The second-order valence-electron chi connectivity index (χ2n) is 4.37. The van der Waals surface area contributed by atoms with E-state index in [1.165, 1.54) is 10.9 Å². The molecule has 4 atom stereocenters. The van der Waals surface area contributed by atoms with Crippen molar-refractivity contribution >= 4 is 17.1 Å². The van der Waals surface area contributed by atoms with Crippen molar-refractivity contribution < 1.29 is 14.9 Å². The van der Waals surface area contributed by atoms with Gasteiger partial charge < -0.3 is 20.7 Å². The number of aliphatic hydroxyl groups excluding tert-OH is 2. The molecule has 1 fully saturated rings. The van der Waals surface area contributed by atoms with Crippen LogP contribution in [0.4, 0.5) is 5.95 Å². The molecule has 0 spiro atoms. The van der Waals surface area contributed by atoms with Crippen LogP contribution in [-0.2, 0) is 4.74 Å². The van der Waals surface area contributed by atoms with E-state index in [9.17, 15) is 15.0 Å². The van der Waals surface area contributed by atoms with E-state index >= 15 is 0 Å². The van der Waals surface area contributed by atoms with Crippen LogP contribution in [0.25, 0.3) is 11.2 Å². The van der Waals surface area contributed by atoms with Crippen LogP contribution in [-0.4, -0.2) is 48.0 Å². The number of aromatic amines is 1. The van der Waals surface area contributed by atoms with Crippen LogP contribution in [0, 0.1) is 12.3 Å². The molecule has 1 aliphatic rings. The highest BCUT2D eigenvalue weighted by atomic mass is 16.6. The lowest BCUT2D eigenvalue weighted by Gasteiger charge is -2.16. The molecule has 3 rings (SSSR count). The van der Waals surface area contributed by atoms with Gasteiger partial charge in [0.2, 0.25) is 5.95 Å². The maximum Gasteiger partial charge on any atom is 0.280 e. The molecule has 104 valence electrons. The van der Waals surface area contributed by atoms with E-state index in [1.54, 1.807) is 0 Å². The fourth-order valence-corrected chi connectivity index (χ4v) is 2.16. The predicted molar refractivity (Wildman–Crippen MR) is 67.3 cm³/mol. The number of rotatable bonds is 1. The van der Waals surface area contributed by atoms with Crippen LogP contribution < -0.4 is 11.3 Å². The van der Waals surface area contributed by atoms with Gasteiger partial charge in [0.1, 0.15) is 18.3 Å². The summed E-state index contributed by atoms with van der Waals surface area (Å²) in [7, 11) is 0. The Hall–Kier alpha value is -2.41. The number of aliphatic hydroxyl groups is 2. The lowest BCUT2D eigenvalue weighted by atomic mass is 10.1. The second kappa shape index (κ2) is 4.31. The SMILES string of the molecule is C#CC1OC(n2cnc3c(=O)[nH]c(N)nc32)C(O)C1O. The molecule has 0 aliphatic carbocycles. The Morgan fingerprint density at radius 1 is 1.50 bits per heavy atom. The Balaban J connectivity index is 2.12. The molecule has 1 aliphatic heterocycles. The van der Waals surface area contributed by atoms with Gasteiger partial charge in [0.25, 0.3) is 5.56 Å². The van der Waals surface area contributed by atoms with Gasteiger partial charge in [-0.3, -0.25) is 14.3 Å². The highest BCUT2D eigenvalue weighted by Crippen LogP contribution is 2.30. The average Bonchev–Trinajstić information content (AvgIpc) is 2.93. The van der Waals surface area contributed by atoms with Crippen molar-refractivity contribution in [2.24, 2.45) is 0 Å². The fourth-order valence-electron chi connectivity index (χ4n) is 2.16. The molecule has 9 heteroatoms. The number of ether oxygens (including phenoxy) is 1. The molecule has 5 N–H and O–H groups in total. The van der Waals surface area contributed by atoms with E-state index in [0.29, 0.717) is 0 Å². The molecule has 9 nitrogen and oxygen atoms in total. The quantitative estimate of drug-likeness (QED) is 0.440. The zero-order valence-electron chi connectivity index (χ0n) is 10.1. The molecule has 3 heterocycles. The minimum absolute atomic E-state index is 0.0497. The van der Waals surface area contributed by atoms with Crippen molar-refractivity contribution in [3.8, 4) is 12.3 Å². The number of nitrogen functional groups attached to an aromatic ring is 1. The predicted octanol–water partition coefficient (Wildman–Crippen LogP) is -2.05. The number of aromatic nitrogens is 4. The Morgan fingerprint density at radius 3 is 2.90 bits per heavy atom. The topological polar surface area (TPSA) is 139 Å². The molecule has 20 heavy (non-hydrogen) atoms. The van der Waals surface area contributed by atoms with E-state index in [2.05, 4.69) is 20.9 Å². The molecular formula is C11H11N5O4. The largest absolute Gasteiger partial charge is 0.386 e. The zero-order valence-corrected chi connectivity index (χ0v) is 10.1. The Bertz CT molecular complexity index is 760. The smallest absolute Gasteiger partial charge is 0.280 e. The van der Waals surface area contributed by atoms with Crippen molar-refractivity contribution in [2.45, 2.75) is 24.5 Å². The number of nitrogens with two attached hydrogens (primary N) is 1. The average molecular weight is 277 g/mol. The van der Waals surface area contributed by atoms with Gasteiger partial charge in [-0.15, -0.1) is 6.42 Å². The molecule has 2 aromatic rings. The molecule has 2 aromatic heterocycles. The van der Waals surface area contributed by atoms with E-state index in [-0.39, 0.29) is 17.1 Å². The Labute approximate surface area is 112 Å². The minimum atomic E-state index is -1.27. The first-order valence-electron chi connectivity index (χ1n) is 5.73. The molecule has 0 aromatic carbocycles. The molecule has 0 bridgehead atoms. The summed E-state index contributed by atoms with van der Waals surface area (Å²) in [6, 6.07) is 0. The van der Waals surface area contributed by atoms with Gasteiger partial charge in [-0.05, 0) is 0 Å². The van der Waals surface area contributed by atoms with E-state index in [4.69, 9.17) is 16.9 Å². The minimum Gasteiger partial charge on any atom is -0.386 e. The molecule has 1 saturated heterocycles. The van der Waals surface area contributed by atoms with E-state index in [0.717, 1.165) is 0 Å². The van der Waals surface area contributed by atoms with Crippen molar-refractivity contribution in [1.82, 2.24) is 19.5 Å². The maximum absolute atomic E-state index is 11.7. The van der Waals surface area contributed by atoms with Crippen molar-refractivity contribution in [3.05, 3.63) is 16.7 Å². The summed E-state index contributed by atoms with van der Waals surface area (Å²) >= 11 is 0. The zero-order chi connectivity index (χ0) is 14.4. The summed E-state index contributed by atoms with van der Waals surface area (Å²) in [4.78, 5) is 21.8. The number of imidazole rings is 1. The van der Waals surface area contributed by atoms with Gasteiger partial charge in [-0.25, -0.2) is 4.98 Å². The molecule has 0 amide bonds. The van der Waals surface area contributed by atoms with Crippen molar-refractivity contribution in [2.75, 3.05) is 5.73 Å².